The first-order valence-corrected chi connectivity index (χ1v) is 6.73. The van der Waals surface area contributed by atoms with Gasteiger partial charge in [-0.1, -0.05) is 0 Å². The molecule has 3 rings (SSSR count). The predicted octanol–water partition coefficient (Wildman–Crippen LogP) is 0.956. The Balaban J connectivity index is 1.72. The van der Waals surface area contributed by atoms with Crippen molar-refractivity contribution < 1.29 is 22.7 Å². The molecular formula is C14H15F3N2O2. The Morgan fingerprint density at radius 1 is 1.38 bits per heavy atom. The number of carbonyl (C=O) groups excluding carboxylic acids is 1. The first kappa shape index (κ1) is 14.3. The van der Waals surface area contributed by atoms with Gasteiger partial charge in [-0.3, -0.25) is 4.79 Å². The second-order valence-electron chi connectivity index (χ2n) is 5.53. The van der Waals surface area contributed by atoms with E-state index in [1.807, 2.05) is 0 Å². The number of nitrogens with one attached hydrogen (secondary N) is 2. The molecule has 0 spiro atoms. The van der Waals surface area contributed by atoms with Gasteiger partial charge in [0, 0.05) is 43.2 Å². The summed E-state index contributed by atoms with van der Waals surface area (Å²) in [6.45, 7) is 1.65. The SMILES string of the molecule is O=C(NCc1c(F)cc(F)cc1F)[C@]12CNC[C@H]1COC2. The van der Waals surface area contributed by atoms with Crippen LogP contribution in [0.3, 0.4) is 0 Å². The zero-order valence-electron chi connectivity index (χ0n) is 11.2. The quantitative estimate of drug-likeness (QED) is 0.874. The van der Waals surface area contributed by atoms with Crippen molar-refractivity contribution in [1.82, 2.24) is 10.6 Å². The first-order chi connectivity index (χ1) is 10.0. The lowest BCUT2D eigenvalue weighted by atomic mass is 9.80. The minimum atomic E-state index is -1.01. The van der Waals surface area contributed by atoms with Gasteiger partial charge in [0.1, 0.15) is 17.5 Å². The van der Waals surface area contributed by atoms with Crippen molar-refractivity contribution in [1.29, 1.82) is 0 Å². The highest BCUT2D eigenvalue weighted by Crippen LogP contribution is 2.37. The molecule has 1 aromatic carbocycles. The molecule has 7 heteroatoms. The van der Waals surface area contributed by atoms with Gasteiger partial charge in [0.05, 0.1) is 18.6 Å². The van der Waals surface area contributed by atoms with E-state index in [0.29, 0.717) is 38.4 Å². The Kier molecular flexibility index (Phi) is 3.62. The maximum atomic E-state index is 13.5. The Labute approximate surface area is 119 Å². The number of hydrogen-bond acceptors (Lipinski definition) is 3. The van der Waals surface area contributed by atoms with Crippen molar-refractivity contribution in [3.63, 3.8) is 0 Å². The average molecular weight is 300 g/mol. The second kappa shape index (κ2) is 5.31. The van der Waals surface area contributed by atoms with E-state index in [4.69, 9.17) is 4.74 Å². The number of hydrogen-bond donors (Lipinski definition) is 2. The van der Waals surface area contributed by atoms with Crippen LogP contribution in [0.25, 0.3) is 0 Å². The van der Waals surface area contributed by atoms with Crippen molar-refractivity contribution in [3.8, 4) is 0 Å². The largest absolute Gasteiger partial charge is 0.380 e. The van der Waals surface area contributed by atoms with E-state index in [1.54, 1.807) is 0 Å². The summed E-state index contributed by atoms with van der Waals surface area (Å²) in [5.41, 5.74) is -1.02. The fraction of sp³-hybridized carbons (Fsp3) is 0.500. The van der Waals surface area contributed by atoms with Gasteiger partial charge < -0.3 is 15.4 Å². The van der Waals surface area contributed by atoms with Gasteiger partial charge >= 0.3 is 0 Å². The van der Waals surface area contributed by atoms with E-state index >= 15 is 0 Å². The summed E-state index contributed by atoms with van der Waals surface area (Å²) in [6.07, 6.45) is 0. The van der Waals surface area contributed by atoms with Gasteiger partial charge in [-0.25, -0.2) is 13.2 Å². The van der Waals surface area contributed by atoms with Gasteiger partial charge in [-0.2, -0.15) is 0 Å². The minimum Gasteiger partial charge on any atom is -0.380 e. The topological polar surface area (TPSA) is 50.4 Å². The van der Waals surface area contributed by atoms with Crippen molar-refractivity contribution >= 4 is 5.91 Å². The van der Waals surface area contributed by atoms with Crippen LogP contribution in [0.5, 0.6) is 0 Å². The normalized spacial score (nSPS) is 27.7. The zero-order chi connectivity index (χ0) is 15.0. The van der Waals surface area contributed by atoms with Crippen molar-refractivity contribution in [2.24, 2.45) is 11.3 Å². The first-order valence-electron chi connectivity index (χ1n) is 6.73. The van der Waals surface area contributed by atoms with Gasteiger partial charge in [0.2, 0.25) is 5.91 Å². The standard InChI is InChI=1S/C14H15F3N2O2/c15-9-1-11(16)10(12(17)2-9)4-19-13(20)14-6-18-3-8(14)5-21-7-14/h1-2,8,18H,3-7H2,(H,19,20)/t8-,14-/m0/s1. The number of rotatable bonds is 3. The fourth-order valence-corrected chi connectivity index (χ4v) is 3.00. The molecule has 2 saturated heterocycles. The van der Waals surface area contributed by atoms with Gasteiger partial charge in [-0.05, 0) is 0 Å². The monoisotopic (exact) mass is 300 g/mol. The molecule has 2 atom stereocenters. The van der Waals surface area contributed by atoms with Crippen LogP contribution in [-0.2, 0) is 16.1 Å². The molecular weight excluding hydrogens is 285 g/mol. The molecule has 0 saturated carbocycles. The highest BCUT2D eigenvalue weighted by atomic mass is 19.1. The third kappa shape index (κ3) is 2.40. The van der Waals surface area contributed by atoms with Gasteiger partial charge in [0.25, 0.3) is 0 Å². The number of benzene rings is 1. The summed E-state index contributed by atoms with van der Waals surface area (Å²) in [4.78, 5) is 12.4. The van der Waals surface area contributed by atoms with Crippen molar-refractivity contribution in [3.05, 3.63) is 35.1 Å². The Morgan fingerprint density at radius 3 is 2.81 bits per heavy atom. The summed E-state index contributed by atoms with van der Waals surface area (Å²) in [7, 11) is 0. The van der Waals surface area contributed by atoms with Crippen LogP contribution < -0.4 is 10.6 Å². The molecule has 2 N–H and O–H groups in total. The third-order valence-electron chi connectivity index (χ3n) is 4.28. The Morgan fingerprint density at radius 2 is 2.10 bits per heavy atom. The number of carbonyl (C=O) groups is 1. The number of amides is 1. The van der Waals surface area contributed by atoms with Crippen molar-refractivity contribution in [2.45, 2.75) is 6.54 Å². The lowest BCUT2D eigenvalue weighted by molar-refractivity contribution is -0.131. The van der Waals surface area contributed by atoms with E-state index in [2.05, 4.69) is 10.6 Å². The molecule has 0 bridgehead atoms. The summed E-state index contributed by atoms with van der Waals surface area (Å²) >= 11 is 0. The molecule has 0 aromatic heterocycles. The summed E-state index contributed by atoms with van der Waals surface area (Å²) in [5.74, 6) is -3.22. The van der Waals surface area contributed by atoms with Crippen LogP contribution in [0.15, 0.2) is 12.1 Å². The summed E-state index contributed by atoms with van der Waals surface area (Å²) < 4.78 is 45.3. The number of halogens is 3. The smallest absolute Gasteiger partial charge is 0.230 e. The molecule has 114 valence electrons. The Bertz CT molecular complexity index is 546. The molecule has 4 nitrogen and oxygen atoms in total. The van der Waals surface area contributed by atoms with Crippen LogP contribution >= 0.6 is 0 Å². The second-order valence-corrected chi connectivity index (χ2v) is 5.53. The van der Waals surface area contributed by atoms with E-state index < -0.39 is 22.9 Å². The molecule has 2 heterocycles. The molecule has 1 aromatic rings. The van der Waals surface area contributed by atoms with Gasteiger partial charge in [-0.15, -0.1) is 0 Å². The maximum absolute atomic E-state index is 13.5. The van der Waals surface area contributed by atoms with Crippen molar-refractivity contribution in [2.75, 3.05) is 26.3 Å². The molecule has 0 aliphatic carbocycles. The van der Waals surface area contributed by atoms with Crippen LogP contribution in [0.1, 0.15) is 5.56 Å². The van der Waals surface area contributed by atoms with E-state index in [1.165, 1.54) is 0 Å². The molecule has 0 unspecified atom stereocenters. The molecule has 2 aliphatic rings. The number of fused-ring (bicyclic) bond motifs is 1. The van der Waals surface area contributed by atoms with Crippen LogP contribution in [0.4, 0.5) is 13.2 Å². The van der Waals surface area contributed by atoms with Crippen LogP contribution in [0.2, 0.25) is 0 Å². The van der Waals surface area contributed by atoms with E-state index in [-0.39, 0.29) is 23.9 Å². The lowest BCUT2D eigenvalue weighted by Crippen LogP contribution is -2.46. The predicted molar refractivity (Wildman–Crippen MR) is 67.8 cm³/mol. The van der Waals surface area contributed by atoms with Crippen LogP contribution in [0, 0.1) is 28.8 Å². The molecule has 2 aliphatic heterocycles. The van der Waals surface area contributed by atoms with Crippen LogP contribution in [-0.4, -0.2) is 32.2 Å². The maximum Gasteiger partial charge on any atom is 0.230 e. The fourth-order valence-electron chi connectivity index (χ4n) is 3.00. The summed E-state index contributed by atoms with van der Waals surface area (Å²) in [6, 6.07) is 1.20. The van der Waals surface area contributed by atoms with E-state index in [9.17, 15) is 18.0 Å². The molecule has 0 radical (unpaired) electrons. The zero-order valence-corrected chi connectivity index (χ0v) is 11.2. The Hall–Kier alpha value is -1.60. The average Bonchev–Trinajstić information content (AvgIpc) is 2.96. The minimum absolute atomic E-state index is 0.0698. The highest BCUT2D eigenvalue weighted by molar-refractivity contribution is 5.84. The molecule has 21 heavy (non-hydrogen) atoms. The molecule has 1 amide bonds. The van der Waals surface area contributed by atoms with E-state index in [0.717, 1.165) is 0 Å². The highest BCUT2D eigenvalue weighted by Gasteiger charge is 2.52. The summed E-state index contributed by atoms with van der Waals surface area (Å²) in [5, 5.41) is 5.68. The van der Waals surface area contributed by atoms with Gasteiger partial charge in [0.15, 0.2) is 0 Å². The number of ether oxygens (including phenoxy) is 1. The molecule has 2 fully saturated rings. The third-order valence-corrected chi connectivity index (χ3v) is 4.28. The lowest BCUT2D eigenvalue weighted by Gasteiger charge is -2.25.